The summed E-state index contributed by atoms with van der Waals surface area (Å²) in [6, 6.07) is 10.9. The highest BCUT2D eigenvalue weighted by Crippen LogP contribution is 2.31. The zero-order valence-corrected chi connectivity index (χ0v) is 13.4. The number of hydrogen-bond acceptors (Lipinski definition) is 2. The molecule has 0 heterocycles. The number of aryl methyl sites for hydroxylation is 1. The van der Waals surface area contributed by atoms with Gasteiger partial charge < -0.3 is 11.1 Å². The third-order valence-electron chi connectivity index (χ3n) is 2.74. The van der Waals surface area contributed by atoms with Gasteiger partial charge >= 0.3 is 0 Å². The van der Waals surface area contributed by atoms with Crippen LogP contribution in [0.25, 0.3) is 0 Å². The normalized spacial score (nSPS) is 10.3. The number of benzene rings is 2. The number of anilines is 2. The molecular weight excluding hydrogens is 372 g/mol. The molecule has 3 nitrogen and oxygen atoms in total. The van der Waals surface area contributed by atoms with Gasteiger partial charge in [-0.25, -0.2) is 0 Å². The molecule has 1 amide bonds. The highest BCUT2D eigenvalue weighted by atomic mass is 79.9. The number of carbonyl (C=O) groups excluding carboxylic acids is 1. The van der Waals surface area contributed by atoms with Crippen LogP contribution in [0.3, 0.4) is 0 Å². The molecule has 0 spiro atoms. The molecule has 0 atom stereocenters. The largest absolute Gasteiger partial charge is 0.398 e. The minimum absolute atomic E-state index is 0.195. The van der Waals surface area contributed by atoms with Gasteiger partial charge in [0.15, 0.2) is 0 Å². The van der Waals surface area contributed by atoms with Gasteiger partial charge in [0, 0.05) is 20.2 Å². The minimum atomic E-state index is -0.195. The van der Waals surface area contributed by atoms with Crippen LogP contribution in [-0.4, -0.2) is 5.91 Å². The zero-order valence-electron chi connectivity index (χ0n) is 10.2. The molecule has 0 saturated carbocycles. The van der Waals surface area contributed by atoms with E-state index < -0.39 is 0 Å². The summed E-state index contributed by atoms with van der Waals surface area (Å²) in [5.41, 5.74) is 8.61. The van der Waals surface area contributed by atoms with Crippen LogP contribution in [0.5, 0.6) is 0 Å². The van der Waals surface area contributed by atoms with E-state index in [1.165, 1.54) is 0 Å². The Kier molecular flexibility index (Phi) is 4.27. The van der Waals surface area contributed by atoms with Crippen molar-refractivity contribution in [2.75, 3.05) is 11.1 Å². The molecule has 2 aromatic rings. The Labute approximate surface area is 128 Å². The average Bonchev–Trinajstić information content (AvgIpc) is 2.37. The van der Waals surface area contributed by atoms with Crippen LogP contribution in [0.4, 0.5) is 11.4 Å². The number of amides is 1. The van der Waals surface area contributed by atoms with Gasteiger partial charge in [-0.05, 0) is 68.6 Å². The van der Waals surface area contributed by atoms with Gasteiger partial charge in [0.05, 0.1) is 5.69 Å². The Morgan fingerprint density at radius 1 is 1.16 bits per heavy atom. The highest BCUT2D eigenvalue weighted by molar-refractivity contribution is 9.11. The van der Waals surface area contributed by atoms with E-state index in [4.69, 9.17) is 5.73 Å². The van der Waals surface area contributed by atoms with E-state index in [9.17, 15) is 4.79 Å². The molecule has 0 fully saturated rings. The van der Waals surface area contributed by atoms with Crippen molar-refractivity contribution in [3.63, 3.8) is 0 Å². The molecule has 0 aromatic heterocycles. The molecular formula is C14H12Br2N2O. The molecule has 0 saturated heterocycles. The van der Waals surface area contributed by atoms with Crippen LogP contribution >= 0.6 is 31.9 Å². The molecule has 2 rings (SSSR count). The highest BCUT2D eigenvalue weighted by Gasteiger charge is 2.11. The summed E-state index contributed by atoms with van der Waals surface area (Å²) in [5.74, 6) is -0.195. The van der Waals surface area contributed by atoms with E-state index in [0.29, 0.717) is 16.9 Å². The molecule has 98 valence electrons. The van der Waals surface area contributed by atoms with Crippen molar-refractivity contribution in [2.45, 2.75) is 6.92 Å². The summed E-state index contributed by atoms with van der Waals surface area (Å²) in [6.45, 7) is 1.90. The zero-order chi connectivity index (χ0) is 14.0. The molecule has 0 radical (unpaired) electrons. The van der Waals surface area contributed by atoms with Crippen LogP contribution in [0.2, 0.25) is 0 Å². The van der Waals surface area contributed by atoms with Gasteiger partial charge in [0.1, 0.15) is 0 Å². The number of hydrogen-bond donors (Lipinski definition) is 2. The SMILES string of the molecule is Cc1ccc(C(=O)Nc2c(Br)cccc2Br)cc1N. The minimum Gasteiger partial charge on any atom is -0.398 e. The Hall–Kier alpha value is -1.33. The first-order chi connectivity index (χ1) is 8.99. The molecule has 2 aromatic carbocycles. The number of para-hydroxylation sites is 1. The average molecular weight is 384 g/mol. The second-order valence-electron chi connectivity index (χ2n) is 4.12. The summed E-state index contributed by atoms with van der Waals surface area (Å²) < 4.78 is 1.63. The lowest BCUT2D eigenvalue weighted by molar-refractivity contribution is 0.102. The summed E-state index contributed by atoms with van der Waals surface area (Å²) >= 11 is 6.81. The predicted octanol–water partition coefficient (Wildman–Crippen LogP) is 4.35. The molecule has 0 bridgehead atoms. The van der Waals surface area contributed by atoms with Crippen LogP contribution in [0, 0.1) is 6.92 Å². The van der Waals surface area contributed by atoms with Crippen LogP contribution in [-0.2, 0) is 0 Å². The summed E-state index contributed by atoms with van der Waals surface area (Å²) in [6.07, 6.45) is 0. The van der Waals surface area contributed by atoms with E-state index in [-0.39, 0.29) is 5.91 Å². The van der Waals surface area contributed by atoms with E-state index in [0.717, 1.165) is 14.5 Å². The van der Waals surface area contributed by atoms with Crippen molar-refractivity contribution in [2.24, 2.45) is 0 Å². The number of halogens is 2. The van der Waals surface area contributed by atoms with Crippen LogP contribution < -0.4 is 11.1 Å². The topological polar surface area (TPSA) is 55.1 Å². The maximum absolute atomic E-state index is 12.2. The van der Waals surface area contributed by atoms with Crippen molar-refractivity contribution in [3.8, 4) is 0 Å². The van der Waals surface area contributed by atoms with Gasteiger partial charge in [-0.2, -0.15) is 0 Å². The fourth-order valence-corrected chi connectivity index (χ4v) is 2.78. The number of carbonyl (C=O) groups is 1. The Morgan fingerprint density at radius 3 is 2.37 bits per heavy atom. The lowest BCUT2D eigenvalue weighted by atomic mass is 10.1. The van der Waals surface area contributed by atoms with Crippen molar-refractivity contribution in [3.05, 3.63) is 56.5 Å². The fourth-order valence-electron chi connectivity index (χ4n) is 1.58. The lowest BCUT2D eigenvalue weighted by Gasteiger charge is -2.10. The first kappa shape index (κ1) is 14.1. The second-order valence-corrected chi connectivity index (χ2v) is 5.83. The molecule has 0 aliphatic rings. The maximum atomic E-state index is 12.2. The summed E-state index contributed by atoms with van der Waals surface area (Å²) in [4.78, 5) is 12.2. The van der Waals surface area contributed by atoms with Crippen molar-refractivity contribution >= 4 is 49.1 Å². The van der Waals surface area contributed by atoms with Gasteiger partial charge in [0.2, 0.25) is 0 Å². The lowest BCUT2D eigenvalue weighted by Crippen LogP contribution is -2.13. The van der Waals surface area contributed by atoms with E-state index in [2.05, 4.69) is 37.2 Å². The summed E-state index contributed by atoms with van der Waals surface area (Å²) in [7, 11) is 0. The molecule has 3 N–H and O–H groups in total. The maximum Gasteiger partial charge on any atom is 0.255 e. The number of rotatable bonds is 2. The Bertz CT molecular complexity index is 621. The van der Waals surface area contributed by atoms with Crippen molar-refractivity contribution < 1.29 is 4.79 Å². The number of nitrogens with two attached hydrogens (primary N) is 1. The molecule has 0 unspecified atom stereocenters. The molecule has 5 heteroatoms. The fraction of sp³-hybridized carbons (Fsp3) is 0.0714. The van der Waals surface area contributed by atoms with Gasteiger partial charge in [0.25, 0.3) is 5.91 Å². The Morgan fingerprint density at radius 2 is 1.79 bits per heavy atom. The third-order valence-corrected chi connectivity index (χ3v) is 4.06. The number of nitrogens with one attached hydrogen (secondary N) is 1. The van der Waals surface area contributed by atoms with Crippen LogP contribution in [0.1, 0.15) is 15.9 Å². The van der Waals surface area contributed by atoms with Crippen molar-refractivity contribution in [1.82, 2.24) is 0 Å². The third kappa shape index (κ3) is 3.16. The van der Waals surface area contributed by atoms with Gasteiger partial charge in [-0.3, -0.25) is 4.79 Å². The quantitative estimate of drug-likeness (QED) is 0.757. The van der Waals surface area contributed by atoms with Gasteiger partial charge in [-0.1, -0.05) is 12.1 Å². The first-order valence-electron chi connectivity index (χ1n) is 5.60. The standard InChI is InChI=1S/C14H12Br2N2O/c1-8-5-6-9(7-12(8)17)14(19)18-13-10(15)3-2-4-11(13)16/h2-7H,17H2,1H3,(H,18,19). The first-order valence-corrected chi connectivity index (χ1v) is 7.19. The van der Waals surface area contributed by atoms with Gasteiger partial charge in [-0.15, -0.1) is 0 Å². The molecule has 19 heavy (non-hydrogen) atoms. The van der Waals surface area contributed by atoms with E-state index >= 15 is 0 Å². The van der Waals surface area contributed by atoms with Crippen LogP contribution in [0.15, 0.2) is 45.3 Å². The molecule has 0 aliphatic heterocycles. The second kappa shape index (κ2) is 5.75. The molecule has 0 aliphatic carbocycles. The smallest absolute Gasteiger partial charge is 0.255 e. The van der Waals surface area contributed by atoms with Crippen molar-refractivity contribution in [1.29, 1.82) is 0 Å². The van der Waals surface area contributed by atoms with E-state index in [1.54, 1.807) is 12.1 Å². The number of nitrogen functional groups attached to an aromatic ring is 1. The summed E-state index contributed by atoms with van der Waals surface area (Å²) in [5, 5.41) is 2.85. The Balaban J connectivity index is 2.28. The van der Waals surface area contributed by atoms with E-state index in [1.807, 2.05) is 31.2 Å². The predicted molar refractivity (Wildman–Crippen MR) is 85.4 cm³/mol. The monoisotopic (exact) mass is 382 g/mol.